The third-order valence-electron chi connectivity index (χ3n) is 2.57. The lowest BCUT2D eigenvalue weighted by atomic mass is 9.97. The molecule has 1 aromatic carbocycles. The number of carboxylic acid groups (broad SMARTS) is 1. The van der Waals surface area contributed by atoms with Crippen LogP contribution in [0, 0.1) is 18.8 Å². The Kier molecular flexibility index (Phi) is 4.35. The summed E-state index contributed by atoms with van der Waals surface area (Å²) in [6.45, 7) is 5.99. The molecule has 0 saturated carbocycles. The first-order valence-corrected chi connectivity index (χ1v) is 5.43. The van der Waals surface area contributed by atoms with E-state index < -0.39 is 11.9 Å². The van der Waals surface area contributed by atoms with Crippen molar-refractivity contribution in [1.29, 1.82) is 0 Å². The molecule has 0 spiro atoms. The number of aliphatic carboxylic acids is 1. The largest absolute Gasteiger partial charge is 0.493 e. The highest BCUT2D eigenvalue weighted by molar-refractivity contribution is 5.70. The third-order valence-corrected chi connectivity index (χ3v) is 2.57. The van der Waals surface area contributed by atoms with Crippen molar-refractivity contribution in [3.63, 3.8) is 0 Å². The Balaban J connectivity index is 2.55. The van der Waals surface area contributed by atoms with Gasteiger partial charge in [-0.05, 0) is 25.0 Å². The molecule has 0 aliphatic rings. The van der Waals surface area contributed by atoms with E-state index in [0.29, 0.717) is 0 Å². The summed E-state index contributed by atoms with van der Waals surface area (Å²) in [6.07, 6.45) is 0. The van der Waals surface area contributed by atoms with Crippen molar-refractivity contribution < 1.29 is 14.6 Å². The lowest BCUT2D eigenvalue weighted by Gasteiger charge is -2.16. The molecule has 0 bridgehead atoms. The second-order valence-corrected chi connectivity index (χ2v) is 4.31. The van der Waals surface area contributed by atoms with Crippen molar-refractivity contribution in [2.24, 2.45) is 11.8 Å². The van der Waals surface area contributed by atoms with Crippen molar-refractivity contribution >= 4 is 5.97 Å². The molecule has 0 heterocycles. The van der Waals surface area contributed by atoms with E-state index in [2.05, 4.69) is 0 Å². The van der Waals surface area contributed by atoms with Crippen LogP contribution in [0.2, 0.25) is 0 Å². The summed E-state index contributed by atoms with van der Waals surface area (Å²) in [5, 5.41) is 8.99. The second kappa shape index (κ2) is 5.54. The molecule has 0 aliphatic heterocycles. The summed E-state index contributed by atoms with van der Waals surface area (Å²) >= 11 is 0. The molecule has 1 aromatic rings. The Bertz CT molecular complexity index is 341. The minimum Gasteiger partial charge on any atom is -0.493 e. The number of carboxylic acids is 1. The molecule has 0 saturated heterocycles. The standard InChI is InChI=1S/C13H18O3/c1-9(2)12(13(14)15)8-16-11-6-4-10(3)5-7-11/h4-7,9,12H,8H2,1-3H3,(H,14,15). The van der Waals surface area contributed by atoms with Gasteiger partial charge in [0.15, 0.2) is 0 Å². The van der Waals surface area contributed by atoms with E-state index in [-0.39, 0.29) is 12.5 Å². The van der Waals surface area contributed by atoms with Crippen molar-refractivity contribution in [2.45, 2.75) is 20.8 Å². The summed E-state index contributed by atoms with van der Waals surface area (Å²) in [5.41, 5.74) is 1.16. The number of hydrogen-bond acceptors (Lipinski definition) is 2. The maximum Gasteiger partial charge on any atom is 0.310 e. The van der Waals surface area contributed by atoms with Gasteiger partial charge in [-0.2, -0.15) is 0 Å². The summed E-state index contributed by atoms with van der Waals surface area (Å²) < 4.78 is 5.46. The van der Waals surface area contributed by atoms with Crippen LogP contribution in [-0.4, -0.2) is 17.7 Å². The molecule has 1 rings (SSSR count). The quantitative estimate of drug-likeness (QED) is 0.833. The van der Waals surface area contributed by atoms with Crippen LogP contribution < -0.4 is 4.74 Å². The van der Waals surface area contributed by atoms with E-state index in [4.69, 9.17) is 9.84 Å². The van der Waals surface area contributed by atoms with Crippen molar-refractivity contribution in [1.82, 2.24) is 0 Å². The van der Waals surface area contributed by atoms with Gasteiger partial charge in [0.05, 0.1) is 5.92 Å². The minimum absolute atomic E-state index is 0.0722. The molecule has 1 atom stereocenters. The maximum absolute atomic E-state index is 10.9. The first kappa shape index (κ1) is 12.6. The van der Waals surface area contributed by atoms with Crippen LogP contribution in [0.5, 0.6) is 5.75 Å². The molecule has 3 heteroatoms. The Morgan fingerprint density at radius 1 is 1.31 bits per heavy atom. The van der Waals surface area contributed by atoms with Gasteiger partial charge in [0.25, 0.3) is 0 Å². The molecule has 0 aliphatic carbocycles. The van der Waals surface area contributed by atoms with E-state index in [1.54, 1.807) is 0 Å². The zero-order valence-electron chi connectivity index (χ0n) is 9.93. The molecule has 1 N–H and O–H groups in total. The van der Waals surface area contributed by atoms with E-state index >= 15 is 0 Å². The summed E-state index contributed by atoms with van der Waals surface area (Å²) in [4.78, 5) is 10.9. The fourth-order valence-corrected chi connectivity index (χ4v) is 1.37. The van der Waals surface area contributed by atoms with Gasteiger partial charge in [0, 0.05) is 0 Å². The normalized spacial score (nSPS) is 12.5. The number of aryl methyl sites for hydroxylation is 1. The fraction of sp³-hybridized carbons (Fsp3) is 0.462. The second-order valence-electron chi connectivity index (χ2n) is 4.31. The Morgan fingerprint density at radius 2 is 1.88 bits per heavy atom. The summed E-state index contributed by atoms with van der Waals surface area (Å²) in [5.74, 6) is -0.469. The van der Waals surface area contributed by atoms with Gasteiger partial charge in [-0.25, -0.2) is 0 Å². The van der Waals surface area contributed by atoms with Crippen LogP contribution in [0.15, 0.2) is 24.3 Å². The van der Waals surface area contributed by atoms with Gasteiger partial charge in [-0.1, -0.05) is 31.5 Å². The molecule has 88 valence electrons. The molecule has 16 heavy (non-hydrogen) atoms. The highest BCUT2D eigenvalue weighted by Crippen LogP contribution is 2.16. The van der Waals surface area contributed by atoms with Gasteiger partial charge >= 0.3 is 5.97 Å². The van der Waals surface area contributed by atoms with Crippen LogP contribution >= 0.6 is 0 Å². The highest BCUT2D eigenvalue weighted by Gasteiger charge is 2.22. The van der Waals surface area contributed by atoms with Gasteiger partial charge in [0.2, 0.25) is 0 Å². The Hall–Kier alpha value is -1.51. The van der Waals surface area contributed by atoms with Gasteiger partial charge in [-0.3, -0.25) is 4.79 Å². The zero-order chi connectivity index (χ0) is 12.1. The predicted molar refractivity (Wildman–Crippen MR) is 62.6 cm³/mol. The molecule has 0 fully saturated rings. The van der Waals surface area contributed by atoms with E-state index in [1.165, 1.54) is 0 Å². The first-order valence-electron chi connectivity index (χ1n) is 5.43. The first-order chi connectivity index (χ1) is 7.50. The van der Waals surface area contributed by atoms with E-state index in [1.807, 2.05) is 45.0 Å². The monoisotopic (exact) mass is 222 g/mol. The minimum atomic E-state index is -0.804. The van der Waals surface area contributed by atoms with Gasteiger partial charge < -0.3 is 9.84 Å². The van der Waals surface area contributed by atoms with Gasteiger partial charge in [-0.15, -0.1) is 0 Å². The predicted octanol–water partition coefficient (Wildman–Crippen LogP) is 2.73. The number of benzene rings is 1. The SMILES string of the molecule is Cc1ccc(OCC(C(=O)O)C(C)C)cc1. The Morgan fingerprint density at radius 3 is 2.31 bits per heavy atom. The van der Waals surface area contributed by atoms with Crippen LogP contribution in [0.4, 0.5) is 0 Å². The molecule has 0 amide bonds. The summed E-state index contributed by atoms with van der Waals surface area (Å²) in [7, 11) is 0. The van der Waals surface area contributed by atoms with E-state index in [9.17, 15) is 4.79 Å². The van der Waals surface area contributed by atoms with Crippen LogP contribution in [0.3, 0.4) is 0 Å². The number of ether oxygens (including phenoxy) is 1. The van der Waals surface area contributed by atoms with E-state index in [0.717, 1.165) is 11.3 Å². The fourth-order valence-electron chi connectivity index (χ4n) is 1.37. The molecule has 0 radical (unpaired) electrons. The molecule has 3 nitrogen and oxygen atoms in total. The average molecular weight is 222 g/mol. The maximum atomic E-state index is 10.9. The van der Waals surface area contributed by atoms with Gasteiger partial charge in [0.1, 0.15) is 12.4 Å². The summed E-state index contributed by atoms with van der Waals surface area (Å²) in [6, 6.07) is 7.60. The number of hydrogen-bond donors (Lipinski definition) is 1. The number of carbonyl (C=O) groups is 1. The van der Waals surface area contributed by atoms with Crippen molar-refractivity contribution in [2.75, 3.05) is 6.61 Å². The average Bonchev–Trinajstić information content (AvgIpc) is 2.20. The third kappa shape index (κ3) is 3.57. The Labute approximate surface area is 96.1 Å². The molecule has 0 aromatic heterocycles. The smallest absolute Gasteiger partial charge is 0.310 e. The molecular formula is C13H18O3. The highest BCUT2D eigenvalue weighted by atomic mass is 16.5. The van der Waals surface area contributed by atoms with Crippen LogP contribution in [0.1, 0.15) is 19.4 Å². The molecule has 1 unspecified atom stereocenters. The number of rotatable bonds is 5. The topological polar surface area (TPSA) is 46.5 Å². The lowest BCUT2D eigenvalue weighted by molar-refractivity contribution is -0.144. The van der Waals surface area contributed by atoms with Crippen LogP contribution in [-0.2, 0) is 4.79 Å². The van der Waals surface area contributed by atoms with Crippen LogP contribution in [0.25, 0.3) is 0 Å². The molecular weight excluding hydrogens is 204 g/mol. The lowest BCUT2D eigenvalue weighted by Crippen LogP contribution is -2.26. The zero-order valence-corrected chi connectivity index (χ0v) is 9.93. The van der Waals surface area contributed by atoms with Crippen molar-refractivity contribution in [3.8, 4) is 5.75 Å². The van der Waals surface area contributed by atoms with Crippen molar-refractivity contribution in [3.05, 3.63) is 29.8 Å².